The normalized spacial score (nSPS) is 19.5. The number of benzene rings is 2. The summed E-state index contributed by atoms with van der Waals surface area (Å²) in [5.41, 5.74) is 2.00. The second-order valence-electron chi connectivity index (χ2n) is 7.33. The average Bonchev–Trinajstić information content (AvgIpc) is 2.99. The lowest BCUT2D eigenvalue weighted by Gasteiger charge is -2.30. The molecule has 4 heteroatoms. The van der Waals surface area contributed by atoms with Crippen LogP contribution in [0.25, 0.3) is 0 Å². The summed E-state index contributed by atoms with van der Waals surface area (Å²) in [6.45, 7) is 4.96. The second-order valence-corrected chi connectivity index (χ2v) is 9.19. The van der Waals surface area contributed by atoms with Crippen LogP contribution in [0, 0.1) is 0 Å². The van der Waals surface area contributed by atoms with Gasteiger partial charge in [0.15, 0.2) is 0 Å². The molecule has 1 aliphatic heterocycles. The Bertz CT molecular complexity index is 832. The highest BCUT2D eigenvalue weighted by atomic mass is 32.2. The summed E-state index contributed by atoms with van der Waals surface area (Å²) in [6, 6.07) is 16.9. The summed E-state index contributed by atoms with van der Waals surface area (Å²) >= 11 is 0. The molecule has 1 aliphatic rings. The molecule has 3 rings (SSSR count). The first-order chi connectivity index (χ1) is 12.5. The monoisotopic (exact) mass is 371 g/mol. The Balaban J connectivity index is 2.04. The summed E-state index contributed by atoms with van der Waals surface area (Å²) < 4.78 is 28.3. The van der Waals surface area contributed by atoms with Gasteiger partial charge in [-0.25, -0.2) is 8.42 Å². The molecule has 0 fully saturated rings. The fourth-order valence-corrected chi connectivity index (χ4v) is 5.85. The fourth-order valence-electron chi connectivity index (χ4n) is 4.26. The predicted octanol–water partition coefficient (Wildman–Crippen LogP) is 5.51. The number of sulfonamides is 1. The molecule has 0 saturated carbocycles. The predicted molar refractivity (Wildman–Crippen MR) is 108 cm³/mol. The number of hydrogen-bond acceptors (Lipinski definition) is 2. The summed E-state index contributed by atoms with van der Waals surface area (Å²) in [6.07, 6.45) is 6.64. The summed E-state index contributed by atoms with van der Waals surface area (Å²) in [5, 5.41) is 0. The lowest BCUT2D eigenvalue weighted by molar-refractivity contribution is 0.372. The number of fused-ring (bicyclic) bond motifs is 1. The van der Waals surface area contributed by atoms with Gasteiger partial charge in [-0.2, -0.15) is 0 Å². The Labute approximate surface area is 158 Å². The largest absolute Gasteiger partial charge is 0.265 e. The topological polar surface area (TPSA) is 37.4 Å². The van der Waals surface area contributed by atoms with E-state index in [2.05, 4.69) is 19.9 Å². The van der Waals surface area contributed by atoms with E-state index in [0.29, 0.717) is 11.4 Å². The lowest BCUT2D eigenvalue weighted by Crippen LogP contribution is -2.37. The second kappa shape index (κ2) is 7.83. The molecule has 1 atom stereocenters. The summed E-state index contributed by atoms with van der Waals surface area (Å²) in [7, 11) is -3.54. The quantitative estimate of drug-likeness (QED) is 0.573. The Morgan fingerprint density at radius 1 is 0.885 bits per heavy atom. The Morgan fingerprint density at radius 2 is 1.58 bits per heavy atom. The maximum Gasteiger partial charge on any atom is 0.264 e. The third-order valence-electron chi connectivity index (χ3n) is 5.51. The van der Waals surface area contributed by atoms with Crippen LogP contribution in [0.15, 0.2) is 59.5 Å². The number of para-hydroxylation sites is 1. The molecule has 0 bridgehead atoms. The van der Waals surface area contributed by atoms with Gasteiger partial charge in [0.1, 0.15) is 0 Å². The smallest absolute Gasteiger partial charge is 0.264 e. The van der Waals surface area contributed by atoms with Crippen molar-refractivity contribution >= 4 is 15.7 Å². The highest BCUT2D eigenvalue weighted by Gasteiger charge is 2.45. The maximum absolute atomic E-state index is 13.3. The summed E-state index contributed by atoms with van der Waals surface area (Å²) in [5.74, 6) is 0. The van der Waals surface area contributed by atoms with Crippen LogP contribution in [0.5, 0.6) is 0 Å². The van der Waals surface area contributed by atoms with Crippen molar-refractivity contribution in [2.24, 2.45) is 0 Å². The van der Waals surface area contributed by atoms with Gasteiger partial charge in [0.05, 0.1) is 10.6 Å². The van der Waals surface area contributed by atoms with Crippen LogP contribution in [0.1, 0.15) is 57.9 Å². The minimum Gasteiger partial charge on any atom is -0.265 e. The molecule has 26 heavy (non-hydrogen) atoms. The molecule has 1 heterocycles. The van der Waals surface area contributed by atoms with Crippen LogP contribution < -0.4 is 4.31 Å². The van der Waals surface area contributed by atoms with Gasteiger partial charge in [-0.1, -0.05) is 75.9 Å². The zero-order chi connectivity index (χ0) is 18.6. The van der Waals surface area contributed by atoms with E-state index in [0.717, 1.165) is 31.4 Å². The number of hydrogen-bond donors (Lipinski definition) is 0. The van der Waals surface area contributed by atoms with Crippen LogP contribution in [0.4, 0.5) is 5.69 Å². The molecule has 2 aromatic rings. The Hall–Kier alpha value is -1.81. The molecule has 3 nitrogen and oxygen atoms in total. The van der Waals surface area contributed by atoms with Crippen LogP contribution in [0.3, 0.4) is 0 Å². The van der Waals surface area contributed by atoms with E-state index in [1.165, 1.54) is 18.4 Å². The van der Waals surface area contributed by atoms with E-state index in [1.807, 2.05) is 24.3 Å². The number of nitrogens with zero attached hydrogens (tertiary/aromatic N) is 1. The van der Waals surface area contributed by atoms with E-state index in [-0.39, 0.29) is 5.41 Å². The fraction of sp³-hybridized carbons (Fsp3) is 0.455. The SMILES string of the molecule is CCCCCC1(CCC)CN(S(=O)(=O)c2ccccc2)c2ccccc21. The van der Waals surface area contributed by atoms with Gasteiger partial charge < -0.3 is 0 Å². The standard InChI is InChI=1S/C22H29NO2S/c1-3-5-11-17-22(16-4-2)18-23(21-15-10-9-14-20(21)22)26(24,25)19-12-7-6-8-13-19/h6-10,12-15H,3-5,11,16-18H2,1-2H3. The van der Waals surface area contributed by atoms with Gasteiger partial charge in [-0.3, -0.25) is 4.31 Å². The summed E-state index contributed by atoms with van der Waals surface area (Å²) in [4.78, 5) is 0.371. The molecule has 0 aromatic heterocycles. The van der Waals surface area contributed by atoms with Crippen molar-refractivity contribution in [3.05, 3.63) is 60.2 Å². The first-order valence-electron chi connectivity index (χ1n) is 9.72. The van der Waals surface area contributed by atoms with Crippen molar-refractivity contribution in [3.8, 4) is 0 Å². The van der Waals surface area contributed by atoms with Crippen molar-refractivity contribution in [1.29, 1.82) is 0 Å². The van der Waals surface area contributed by atoms with Crippen LogP contribution in [-0.2, 0) is 15.4 Å². The van der Waals surface area contributed by atoms with Gasteiger partial charge >= 0.3 is 0 Å². The van der Waals surface area contributed by atoms with E-state index in [4.69, 9.17) is 0 Å². The van der Waals surface area contributed by atoms with Crippen molar-refractivity contribution < 1.29 is 8.42 Å². The third kappa shape index (κ3) is 3.39. The van der Waals surface area contributed by atoms with E-state index < -0.39 is 10.0 Å². The lowest BCUT2D eigenvalue weighted by atomic mass is 9.74. The van der Waals surface area contributed by atoms with Crippen molar-refractivity contribution in [2.45, 2.75) is 62.7 Å². The van der Waals surface area contributed by atoms with Crippen LogP contribution in [0.2, 0.25) is 0 Å². The van der Waals surface area contributed by atoms with Gasteiger partial charge in [0.25, 0.3) is 10.0 Å². The highest BCUT2D eigenvalue weighted by molar-refractivity contribution is 7.92. The Morgan fingerprint density at radius 3 is 2.27 bits per heavy atom. The molecule has 140 valence electrons. The van der Waals surface area contributed by atoms with Crippen molar-refractivity contribution in [1.82, 2.24) is 0 Å². The Kier molecular flexibility index (Phi) is 5.71. The molecule has 1 unspecified atom stereocenters. The molecule has 0 N–H and O–H groups in total. The molecule has 0 radical (unpaired) electrons. The van der Waals surface area contributed by atoms with Crippen molar-refractivity contribution in [3.63, 3.8) is 0 Å². The van der Waals surface area contributed by atoms with Gasteiger partial charge in [0.2, 0.25) is 0 Å². The van der Waals surface area contributed by atoms with E-state index in [9.17, 15) is 8.42 Å². The average molecular weight is 372 g/mol. The number of rotatable bonds is 8. The van der Waals surface area contributed by atoms with E-state index in [1.54, 1.807) is 28.6 Å². The molecule has 0 saturated heterocycles. The van der Waals surface area contributed by atoms with Gasteiger partial charge in [0, 0.05) is 12.0 Å². The zero-order valence-electron chi connectivity index (χ0n) is 15.8. The minimum atomic E-state index is -3.54. The van der Waals surface area contributed by atoms with Crippen molar-refractivity contribution in [2.75, 3.05) is 10.8 Å². The third-order valence-corrected chi connectivity index (χ3v) is 7.28. The van der Waals surface area contributed by atoms with Gasteiger partial charge in [-0.15, -0.1) is 0 Å². The zero-order valence-corrected chi connectivity index (χ0v) is 16.6. The molecular formula is C22H29NO2S. The highest BCUT2D eigenvalue weighted by Crippen LogP contribution is 2.48. The van der Waals surface area contributed by atoms with Crippen LogP contribution >= 0.6 is 0 Å². The minimum absolute atomic E-state index is 0.0671. The van der Waals surface area contributed by atoms with E-state index >= 15 is 0 Å². The first kappa shape index (κ1) is 19.0. The number of unbranched alkanes of at least 4 members (excludes halogenated alkanes) is 2. The molecule has 0 spiro atoms. The first-order valence-corrected chi connectivity index (χ1v) is 11.2. The molecule has 0 aliphatic carbocycles. The molecule has 0 amide bonds. The molecular weight excluding hydrogens is 342 g/mol. The van der Waals surface area contributed by atoms with Crippen LogP contribution in [-0.4, -0.2) is 15.0 Å². The maximum atomic E-state index is 13.3. The molecule has 2 aromatic carbocycles. The number of anilines is 1. The van der Waals surface area contributed by atoms with Gasteiger partial charge in [-0.05, 0) is 36.6 Å².